The molecule has 2 N–H and O–H groups in total. The van der Waals surface area contributed by atoms with Crippen LogP contribution < -0.4 is 10.6 Å². The lowest BCUT2D eigenvalue weighted by Gasteiger charge is -2.20. The summed E-state index contributed by atoms with van der Waals surface area (Å²) in [6.07, 6.45) is 3.93. The lowest BCUT2D eigenvalue weighted by molar-refractivity contribution is -0.109. The Balaban J connectivity index is 2.21. The van der Waals surface area contributed by atoms with E-state index in [1.807, 2.05) is 24.1 Å². The van der Waals surface area contributed by atoms with Gasteiger partial charge in [0.05, 0.1) is 12.1 Å². The molecule has 2 rings (SSSR count). The average Bonchev–Trinajstić information content (AvgIpc) is 2.73. The van der Waals surface area contributed by atoms with Gasteiger partial charge >= 0.3 is 0 Å². The Hall–Kier alpha value is -1.68. The fourth-order valence-electron chi connectivity index (χ4n) is 2.52. The first-order valence-corrected chi connectivity index (χ1v) is 6.17. The lowest BCUT2D eigenvalue weighted by Crippen LogP contribution is -2.29. The fourth-order valence-corrected chi connectivity index (χ4v) is 2.52. The first-order chi connectivity index (χ1) is 8.67. The van der Waals surface area contributed by atoms with Crippen LogP contribution in [0.2, 0.25) is 0 Å². The normalized spacial score (nSPS) is 19.4. The number of aldehydes is 2. The molecule has 1 aliphatic heterocycles. The topological polar surface area (TPSA) is 63.4 Å². The van der Waals surface area contributed by atoms with Crippen molar-refractivity contribution in [2.24, 2.45) is 5.73 Å². The molecule has 4 nitrogen and oxygen atoms in total. The Morgan fingerprint density at radius 3 is 2.94 bits per heavy atom. The van der Waals surface area contributed by atoms with Crippen molar-refractivity contribution in [2.75, 3.05) is 11.9 Å². The number of likely N-dealkylation sites (N-methyl/N-ethyl adjacent to an activating group) is 1. The predicted octanol–water partition coefficient (Wildman–Crippen LogP) is 0.705. The number of benzene rings is 1. The number of nitrogens with two attached hydrogens (primary N) is 1. The highest BCUT2D eigenvalue weighted by Gasteiger charge is 2.27. The summed E-state index contributed by atoms with van der Waals surface area (Å²) in [4.78, 5) is 23.6. The molecule has 0 fully saturated rings. The van der Waals surface area contributed by atoms with Crippen LogP contribution in [0.1, 0.15) is 17.5 Å². The van der Waals surface area contributed by atoms with E-state index in [2.05, 4.69) is 6.07 Å². The second kappa shape index (κ2) is 5.31. The third-order valence-electron chi connectivity index (χ3n) is 3.56. The molecule has 0 spiro atoms. The van der Waals surface area contributed by atoms with Crippen LogP contribution in [-0.2, 0) is 22.4 Å². The SMILES string of the molecule is CN1c2c(CCC(N)C=O)cccc2CC1C=O. The Morgan fingerprint density at radius 1 is 1.50 bits per heavy atom. The largest absolute Gasteiger partial charge is 0.364 e. The van der Waals surface area contributed by atoms with Gasteiger partial charge in [-0.1, -0.05) is 18.2 Å². The summed E-state index contributed by atoms with van der Waals surface area (Å²) < 4.78 is 0. The van der Waals surface area contributed by atoms with Gasteiger partial charge in [0.25, 0.3) is 0 Å². The van der Waals surface area contributed by atoms with Crippen LogP contribution in [0.3, 0.4) is 0 Å². The average molecular weight is 246 g/mol. The van der Waals surface area contributed by atoms with Crippen molar-refractivity contribution in [1.29, 1.82) is 0 Å². The molecular weight excluding hydrogens is 228 g/mol. The Labute approximate surface area is 107 Å². The monoisotopic (exact) mass is 246 g/mol. The fraction of sp³-hybridized carbons (Fsp3) is 0.429. The van der Waals surface area contributed by atoms with E-state index >= 15 is 0 Å². The summed E-state index contributed by atoms with van der Waals surface area (Å²) in [6.45, 7) is 0. The van der Waals surface area contributed by atoms with E-state index in [0.29, 0.717) is 6.42 Å². The van der Waals surface area contributed by atoms with E-state index in [1.54, 1.807) is 0 Å². The smallest absolute Gasteiger partial charge is 0.142 e. The highest BCUT2D eigenvalue weighted by Crippen LogP contribution is 2.34. The van der Waals surface area contributed by atoms with Crippen molar-refractivity contribution >= 4 is 18.3 Å². The first-order valence-electron chi connectivity index (χ1n) is 6.17. The van der Waals surface area contributed by atoms with Gasteiger partial charge in [0.2, 0.25) is 0 Å². The molecule has 0 radical (unpaired) electrons. The molecular formula is C14H18N2O2. The molecule has 0 saturated heterocycles. The second-order valence-electron chi connectivity index (χ2n) is 4.78. The van der Waals surface area contributed by atoms with E-state index < -0.39 is 6.04 Å². The zero-order valence-corrected chi connectivity index (χ0v) is 10.5. The van der Waals surface area contributed by atoms with Crippen LogP contribution in [0.25, 0.3) is 0 Å². The molecule has 18 heavy (non-hydrogen) atoms. The van der Waals surface area contributed by atoms with Crippen molar-refractivity contribution in [3.8, 4) is 0 Å². The number of carbonyl (C=O) groups is 2. The molecule has 0 aliphatic carbocycles. The van der Waals surface area contributed by atoms with Crippen LogP contribution in [0, 0.1) is 0 Å². The minimum absolute atomic E-state index is 0.0686. The molecule has 0 amide bonds. The molecule has 1 aromatic carbocycles. The molecule has 0 saturated carbocycles. The summed E-state index contributed by atoms with van der Waals surface area (Å²) in [5, 5.41) is 0. The van der Waals surface area contributed by atoms with E-state index in [9.17, 15) is 9.59 Å². The van der Waals surface area contributed by atoms with Gasteiger partial charge in [0.1, 0.15) is 12.6 Å². The summed E-state index contributed by atoms with van der Waals surface area (Å²) in [5.41, 5.74) is 9.11. The van der Waals surface area contributed by atoms with Gasteiger partial charge in [-0.15, -0.1) is 0 Å². The number of anilines is 1. The zero-order chi connectivity index (χ0) is 13.1. The number of rotatable bonds is 5. The molecule has 2 atom stereocenters. The van der Waals surface area contributed by atoms with E-state index in [-0.39, 0.29) is 6.04 Å². The van der Waals surface area contributed by atoms with Crippen LogP contribution in [0.15, 0.2) is 18.2 Å². The lowest BCUT2D eigenvalue weighted by atomic mass is 10.0. The molecule has 1 aliphatic rings. The van der Waals surface area contributed by atoms with Crippen molar-refractivity contribution in [3.63, 3.8) is 0 Å². The molecule has 4 heteroatoms. The van der Waals surface area contributed by atoms with Crippen LogP contribution >= 0.6 is 0 Å². The predicted molar refractivity (Wildman–Crippen MR) is 70.8 cm³/mol. The van der Waals surface area contributed by atoms with Gasteiger partial charge in [-0.05, 0) is 24.0 Å². The van der Waals surface area contributed by atoms with Gasteiger partial charge in [-0.2, -0.15) is 0 Å². The number of fused-ring (bicyclic) bond motifs is 1. The standard InChI is InChI=1S/C14H18N2O2/c1-16-13(9-18)7-11-4-2-3-10(14(11)16)5-6-12(15)8-17/h2-4,8-9,12-13H,5-7,15H2,1H3. The molecule has 96 valence electrons. The number of para-hydroxylation sites is 1. The van der Waals surface area contributed by atoms with Crippen LogP contribution in [0.4, 0.5) is 5.69 Å². The van der Waals surface area contributed by atoms with Crippen molar-refractivity contribution in [3.05, 3.63) is 29.3 Å². The highest BCUT2D eigenvalue weighted by molar-refractivity contribution is 5.75. The molecule has 0 aromatic heterocycles. The Bertz CT molecular complexity index is 459. The third-order valence-corrected chi connectivity index (χ3v) is 3.56. The first kappa shape index (κ1) is 12.8. The Kier molecular flexibility index (Phi) is 3.77. The second-order valence-corrected chi connectivity index (χ2v) is 4.78. The van der Waals surface area contributed by atoms with Gasteiger partial charge in [0, 0.05) is 19.2 Å². The van der Waals surface area contributed by atoms with Gasteiger partial charge < -0.3 is 20.2 Å². The zero-order valence-electron chi connectivity index (χ0n) is 10.5. The number of hydrogen-bond donors (Lipinski definition) is 1. The molecule has 1 aromatic rings. The molecule has 0 bridgehead atoms. The van der Waals surface area contributed by atoms with Gasteiger partial charge in [-0.3, -0.25) is 0 Å². The number of aryl methyl sites for hydroxylation is 1. The van der Waals surface area contributed by atoms with Crippen LogP contribution in [-0.4, -0.2) is 31.7 Å². The summed E-state index contributed by atoms with van der Waals surface area (Å²) in [7, 11) is 1.94. The Morgan fingerprint density at radius 2 is 2.28 bits per heavy atom. The van der Waals surface area contributed by atoms with Crippen LogP contribution in [0.5, 0.6) is 0 Å². The highest BCUT2D eigenvalue weighted by atomic mass is 16.1. The number of carbonyl (C=O) groups excluding carboxylic acids is 2. The van der Waals surface area contributed by atoms with E-state index in [0.717, 1.165) is 36.7 Å². The van der Waals surface area contributed by atoms with Crippen molar-refractivity contribution in [1.82, 2.24) is 0 Å². The van der Waals surface area contributed by atoms with Crippen molar-refractivity contribution < 1.29 is 9.59 Å². The maximum absolute atomic E-state index is 11.0. The molecule has 2 unspecified atom stereocenters. The summed E-state index contributed by atoms with van der Waals surface area (Å²) >= 11 is 0. The maximum atomic E-state index is 11.0. The summed E-state index contributed by atoms with van der Waals surface area (Å²) in [6, 6.07) is 5.62. The minimum Gasteiger partial charge on any atom is -0.364 e. The van der Waals surface area contributed by atoms with Gasteiger partial charge in [0.15, 0.2) is 0 Å². The maximum Gasteiger partial charge on any atom is 0.142 e. The van der Waals surface area contributed by atoms with E-state index in [4.69, 9.17) is 5.73 Å². The minimum atomic E-state index is -0.408. The summed E-state index contributed by atoms with van der Waals surface area (Å²) in [5.74, 6) is 0. The third kappa shape index (κ3) is 2.29. The van der Waals surface area contributed by atoms with Crippen molar-refractivity contribution in [2.45, 2.75) is 31.3 Å². The van der Waals surface area contributed by atoms with Gasteiger partial charge in [-0.25, -0.2) is 0 Å². The number of nitrogens with zero attached hydrogens (tertiary/aromatic N) is 1. The quantitative estimate of drug-likeness (QED) is 0.777. The number of hydrogen-bond acceptors (Lipinski definition) is 4. The van der Waals surface area contributed by atoms with E-state index in [1.165, 1.54) is 5.56 Å². The molecule has 1 heterocycles.